The maximum Gasteiger partial charge on any atom is 0.272 e. The lowest BCUT2D eigenvalue weighted by atomic mass is 10.2. The van der Waals surface area contributed by atoms with Gasteiger partial charge in [-0.25, -0.2) is 4.68 Å². The van der Waals surface area contributed by atoms with E-state index in [0.29, 0.717) is 5.69 Å². The molecule has 1 amide bonds. The van der Waals surface area contributed by atoms with Crippen molar-refractivity contribution < 1.29 is 9.53 Å². The molecule has 2 aromatic heterocycles. The van der Waals surface area contributed by atoms with Crippen LogP contribution in [0.5, 0.6) is 5.75 Å². The van der Waals surface area contributed by atoms with E-state index >= 15 is 0 Å². The Morgan fingerprint density at radius 3 is 2.63 bits per heavy atom. The minimum Gasteiger partial charge on any atom is -0.497 e. The average Bonchev–Trinajstić information content (AvgIpc) is 3.39. The first-order chi connectivity index (χ1) is 13.2. The van der Waals surface area contributed by atoms with Gasteiger partial charge in [-0.05, 0) is 55.3 Å². The third kappa shape index (κ3) is 3.69. The summed E-state index contributed by atoms with van der Waals surface area (Å²) in [5, 5.41) is 7.70. The molecule has 6 heteroatoms. The molecule has 138 valence electrons. The van der Waals surface area contributed by atoms with Gasteiger partial charge in [0, 0.05) is 24.0 Å². The molecule has 0 bridgehead atoms. The molecule has 0 atom stereocenters. The van der Waals surface area contributed by atoms with E-state index in [9.17, 15) is 4.79 Å². The molecule has 3 aromatic rings. The number of nitrogens with zero attached hydrogens (tertiary/aromatic N) is 3. The van der Waals surface area contributed by atoms with Crippen LogP contribution >= 0.6 is 0 Å². The molecule has 0 spiro atoms. The van der Waals surface area contributed by atoms with Gasteiger partial charge in [0.25, 0.3) is 5.91 Å². The number of aromatic nitrogens is 3. The molecule has 1 aliphatic carbocycles. The van der Waals surface area contributed by atoms with Crippen molar-refractivity contribution in [2.24, 2.45) is 0 Å². The summed E-state index contributed by atoms with van der Waals surface area (Å²) < 4.78 is 7.01. The van der Waals surface area contributed by atoms with Crippen LogP contribution in [0.4, 0.5) is 0 Å². The van der Waals surface area contributed by atoms with E-state index < -0.39 is 0 Å². The molecule has 1 saturated carbocycles. The van der Waals surface area contributed by atoms with Gasteiger partial charge < -0.3 is 10.1 Å². The van der Waals surface area contributed by atoms with E-state index in [-0.39, 0.29) is 11.9 Å². The number of benzene rings is 1. The first kappa shape index (κ1) is 17.3. The zero-order valence-corrected chi connectivity index (χ0v) is 15.3. The molecular weight excluding hydrogens is 340 g/mol. The van der Waals surface area contributed by atoms with Gasteiger partial charge >= 0.3 is 0 Å². The van der Waals surface area contributed by atoms with Gasteiger partial charge in [0.1, 0.15) is 5.75 Å². The zero-order valence-electron chi connectivity index (χ0n) is 15.3. The van der Waals surface area contributed by atoms with Crippen molar-refractivity contribution in [1.29, 1.82) is 0 Å². The summed E-state index contributed by atoms with van der Waals surface area (Å²) in [4.78, 5) is 16.9. The van der Waals surface area contributed by atoms with Crippen LogP contribution in [0.2, 0.25) is 0 Å². The summed E-state index contributed by atoms with van der Waals surface area (Å²) in [6.45, 7) is 0. The van der Waals surface area contributed by atoms with Crippen LogP contribution in [0.15, 0.2) is 54.9 Å². The highest BCUT2D eigenvalue weighted by atomic mass is 16.5. The van der Waals surface area contributed by atoms with Gasteiger partial charge in [-0.15, -0.1) is 0 Å². The maximum absolute atomic E-state index is 12.7. The zero-order chi connectivity index (χ0) is 18.6. The highest BCUT2D eigenvalue weighted by Gasteiger charge is 2.21. The van der Waals surface area contributed by atoms with Crippen molar-refractivity contribution >= 4 is 5.91 Å². The minimum atomic E-state index is -0.126. The van der Waals surface area contributed by atoms with E-state index in [1.807, 2.05) is 42.5 Å². The smallest absolute Gasteiger partial charge is 0.272 e. The van der Waals surface area contributed by atoms with Gasteiger partial charge in [0.2, 0.25) is 0 Å². The van der Waals surface area contributed by atoms with Crippen molar-refractivity contribution in [2.45, 2.75) is 31.7 Å². The molecular formula is C21H22N4O2. The van der Waals surface area contributed by atoms with Crippen LogP contribution in [-0.4, -0.2) is 33.8 Å². The van der Waals surface area contributed by atoms with Crippen LogP contribution in [0.25, 0.3) is 16.9 Å². The van der Waals surface area contributed by atoms with Crippen LogP contribution in [0.1, 0.15) is 36.2 Å². The van der Waals surface area contributed by atoms with E-state index in [2.05, 4.69) is 15.4 Å². The standard InChI is InChI=1S/C21H22N4O2/c1-27-18-10-8-17(9-11-18)25-20(15-5-4-12-22-14-15)13-19(24-25)21(26)23-16-6-2-3-7-16/h4-5,8-14,16H,2-3,6-7H2,1H3,(H,23,26). The number of hydrogen-bond donors (Lipinski definition) is 1. The number of amides is 1. The quantitative estimate of drug-likeness (QED) is 0.753. The van der Waals surface area contributed by atoms with Crippen molar-refractivity contribution in [1.82, 2.24) is 20.1 Å². The van der Waals surface area contributed by atoms with Crippen molar-refractivity contribution in [3.05, 3.63) is 60.6 Å². The number of methoxy groups -OCH3 is 1. The third-order valence-electron chi connectivity index (χ3n) is 4.91. The topological polar surface area (TPSA) is 69.0 Å². The largest absolute Gasteiger partial charge is 0.497 e. The van der Waals surface area contributed by atoms with E-state index in [1.54, 1.807) is 24.2 Å². The third-order valence-corrected chi connectivity index (χ3v) is 4.91. The lowest BCUT2D eigenvalue weighted by Crippen LogP contribution is -2.32. The summed E-state index contributed by atoms with van der Waals surface area (Å²) in [6.07, 6.45) is 7.93. The van der Waals surface area contributed by atoms with Crippen LogP contribution in [-0.2, 0) is 0 Å². The molecule has 1 N–H and O–H groups in total. The Labute approximate surface area is 158 Å². The number of rotatable bonds is 5. The average molecular weight is 362 g/mol. The van der Waals surface area contributed by atoms with E-state index in [0.717, 1.165) is 35.5 Å². The number of pyridine rings is 1. The molecule has 0 unspecified atom stereocenters. The Balaban J connectivity index is 1.71. The molecule has 2 heterocycles. The lowest BCUT2D eigenvalue weighted by molar-refractivity contribution is 0.0932. The fourth-order valence-corrected chi connectivity index (χ4v) is 3.46. The Hall–Kier alpha value is -3.15. The summed E-state index contributed by atoms with van der Waals surface area (Å²) in [5.74, 6) is 0.646. The Kier molecular flexibility index (Phi) is 4.87. The Morgan fingerprint density at radius 1 is 1.19 bits per heavy atom. The number of hydrogen-bond acceptors (Lipinski definition) is 4. The van der Waals surface area contributed by atoms with Crippen LogP contribution in [0.3, 0.4) is 0 Å². The summed E-state index contributed by atoms with van der Waals surface area (Å²) in [7, 11) is 1.63. The molecule has 6 nitrogen and oxygen atoms in total. The monoisotopic (exact) mass is 362 g/mol. The van der Waals surface area contributed by atoms with Gasteiger partial charge in [0.15, 0.2) is 5.69 Å². The van der Waals surface area contributed by atoms with Gasteiger partial charge in [0.05, 0.1) is 18.5 Å². The molecule has 0 aliphatic heterocycles. The number of ether oxygens (including phenoxy) is 1. The molecule has 0 saturated heterocycles. The normalized spacial score (nSPS) is 14.3. The number of nitrogens with one attached hydrogen (secondary N) is 1. The minimum absolute atomic E-state index is 0.126. The van der Waals surface area contributed by atoms with Crippen LogP contribution in [0, 0.1) is 0 Å². The van der Waals surface area contributed by atoms with E-state index in [1.165, 1.54) is 12.8 Å². The second-order valence-electron chi connectivity index (χ2n) is 6.72. The maximum atomic E-state index is 12.7. The molecule has 1 fully saturated rings. The van der Waals surface area contributed by atoms with Crippen molar-refractivity contribution in [3.8, 4) is 22.7 Å². The highest BCUT2D eigenvalue weighted by Crippen LogP contribution is 2.25. The molecule has 1 aromatic carbocycles. The van der Waals surface area contributed by atoms with Crippen LogP contribution < -0.4 is 10.1 Å². The Morgan fingerprint density at radius 2 is 1.96 bits per heavy atom. The second-order valence-corrected chi connectivity index (χ2v) is 6.72. The predicted molar refractivity (Wildman–Crippen MR) is 103 cm³/mol. The molecule has 4 rings (SSSR count). The Bertz CT molecular complexity index is 913. The molecule has 27 heavy (non-hydrogen) atoms. The summed E-state index contributed by atoms with van der Waals surface area (Å²) in [6, 6.07) is 13.5. The van der Waals surface area contributed by atoms with Crippen molar-refractivity contribution in [3.63, 3.8) is 0 Å². The van der Waals surface area contributed by atoms with Gasteiger partial charge in [-0.2, -0.15) is 5.10 Å². The first-order valence-corrected chi connectivity index (χ1v) is 9.20. The summed E-state index contributed by atoms with van der Waals surface area (Å²) in [5.41, 5.74) is 3.00. The summed E-state index contributed by atoms with van der Waals surface area (Å²) >= 11 is 0. The molecule has 1 aliphatic rings. The first-order valence-electron chi connectivity index (χ1n) is 9.20. The predicted octanol–water partition coefficient (Wildman–Crippen LogP) is 3.62. The SMILES string of the molecule is COc1ccc(-n2nc(C(=O)NC3CCCC3)cc2-c2cccnc2)cc1. The van der Waals surface area contributed by atoms with Gasteiger partial charge in [-0.3, -0.25) is 9.78 Å². The fraction of sp³-hybridized carbons (Fsp3) is 0.286. The number of carbonyl (C=O) groups is 1. The lowest BCUT2D eigenvalue weighted by Gasteiger charge is -2.10. The van der Waals surface area contributed by atoms with Crippen molar-refractivity contribution in [2.75, 3.05) is 7.11 Å². The molecule has 0 radical (unpaired) electrons. The van der Waals surface area contributed by atoms with E-state index in [4.69, 9.17) is 4.74 Å². The highest BCUT2D eigenvalue weighted by molar-refractivity contribution is 5.93. The van der Waals surface area contributed by atoms with Gasteiger partial charge in [-0.1, -0.05) is 12.8 Å². The fourth-order valence-electron chi connectivity index (χ4n) is 3.46. The number of carbonyl (C=O) groups excluding carboxylic acids is 1. The second kappa shape index (κ2) is 7.61.